The topological polar surface area (TPSA) is 55.8 Å². The third-order valence-corrected chi connectivity index (χ3v) is 11.2. The third kappa shape index (κ3) is 5.62. The van der Waals surface area contributed by atoms with Crippen LogP contribution in [0.3, 0.4) is 0 Å². The molecular formula is C37H54O4. The van der Waals surface area contributed by atoms with Crippen LogP contribution in [0.15, 0.2) is 29.4 Å². The molecule has 0 aromatic heterocycles. The maximum atomic E-state index is 14.3. The Morgan fingerprint density at radius 1 is 1.05 bits per heavy atom. The first kappa shape index (κ1) is 30.2. The normalized spacial score (nSPS) is 32.2. The van der Waals surface area contributed by atoms with Gasteiger partial charge >= 0.3 is 5.97 Å². The zero-order valence-electron chi connectivity index (χ0n) is 26.9. The lowest BCUT2D eigenvalue weighted by molar-refractivity contribution is -0.0951. The first-order valence-electron chi connectivity index (χ1n) is 16.5. The van der Waals surface area contributed by atoms with Gasteiger partial charge in [-0.25, -0.2) is 4.79 Å². The monoisotopic (exact) mass is 562 g/mol. The molecule has 0 spiro atoms. The first-order chi connectivity index (χ1) is 19.4. The molecule has 1 fully saturated rings. The minimum atomic E-state index is -0.546. The van der Waals surface area contributed by atoms with Crippen LogP contribution in [0.4, 0.5) is 0 Å². The molecule has 0 bridgehead atoms. The van der Waals surface area contributed by atoms with Gasteiger partial charge in [0.2, 0.25) is 0 Å². The Morgan fingerprint density at radius 2 is 1.73 bits per heavy atom. The predicted octanol–water partition coefficient (Wildman–Crippen LogP) is 9.69. The zero-order valence-corrected chi connectivity index (χ0v) is 26.9. The minimum Gasteiger partial charge on any atom is -0.507 e. The van der Waals surface area contributed by atoms with E-state index in [-0.39, 0.29) is 29.2 Å². The molecule has 0 radical (unpaired) electrons. The van der Waals surface area contributed by atoms with E-state index in [1.54, 1.807) is 0 Å². The highest BCUT2D eigenvalue weighted by atomic mass is 16.6. The van der Waals surface area contributed by atoms with Crippen molar-refractivity contribution in [3.05, 3.63) is 46.1 Å². The van der Waals surface area contributed by atoms with Crippen LogP contribution in [0.2, 0.25) is 0 Å². The summed E-state index contributed by atoms with van der Waals surface area (Å²) in [5.41, 5.74) is 3.94. The minimum absolute atomic E-state index is 0.0339. The van der Waals surface area contributed by atoms with Gasteiger partial charge in [-0.15, -0.1) is 0 Å². The van der Waals surface area contributed by atoms with Crippen LogP contribution in [-0.2, 0) is 11.2 Å². The number of hydrogen-bond acceptors (Lipinski definition) is 4. The van der Waals surface area contributed by atoms with Crippen molar-refractivity contribution in [2.45, 2.75) is 137 Å². The molecule has 1 aliphatic heterocycles. The number of hydrogen-bond donors (Lipinski definition) is 1. The predicted molar refractivity (Wildman–Crippen MR) is 167 cm³/mol. The van der Waals surface area contributed by atoms with Gasteiger partial charge in [0.1, 0.15) is 28.3 Å². The standard InChI is InChI=1S/C37H54O4/c1-9-10-11-12-25-21-31-33(28-20-24(5)13-15-29(28)36(6,7)40-31)34(38)32(25)35(39)41-37(8)18-17-26(22(2)3)27-19-23(4)14-16-30(27)37/h19-22,26-30,38H,9-18H2,1-8H3. The van der Waals surface area contributed by atoms with Crippen molar-refractivity contribution in [1.29, 1.82) is 0 Å². The highest BCUT2D eigenvalue weighted by molar-refractivity contribution is 5.96. The van der Waals surface area contributed by atoms with Crippen LogP contribution in [0.1, 0.15) is 141 Å². The van der Waals surface area contributed by atoms with Gasteiger partial charge < -0.3 is 14.6 Å². The first-order valence-corrected chi connectivity index (χ1v) is 16.5. The van der Waals surface area contributed by atoms with Gasteiger partial charge in [-0.2, -0.15) is 0 Å². The van der Waals surface area contributed by atoms with Crippen LogP contribution >= 0.6 is 0 Å². The van der Waals surface area contributed by atoms with Crippen molar-refractivity contribution in [2.24, 2.45) is 29.6 Å². The fourth-order valence-corrected chi connectivity index (χ4v) is 8.84. The Hall–Kier alpha value is -2.23. The molecular weight excluding hydrogens is 508 g/mol. The van der Waals surface area contributed by atoms with Gasteiger partial charge in [-0.3, -0.25) is 0 Å². The summed E-state index contributed by atoms with van der Waals surface area (Å²) in [6.45, 7) is 17.8. The summed E-state index contributed by atoms with van der Waals surface area (Å²) in [5, 5.41) is 12.0. The van der Waals surface area contributed by atoms with E-state index in [0.717, 1.165) is 81.1 Å². The molecule has 1 aromatic rings. The van der Waals surface area contributed by atoms with Crippen molar-refractivity contribution in [3.63, 3.8) is 0 Å². The second-order valence-corrected chi connectivity index (χ2v) is 14.9. The van der Waals surface area contributed by atoms with Gasteiger partial charge in [0.05, 0.1) is 0 Å². The number of aromatic hydroxyl groups is 1. The molecule has 226 valence electrons. The van der Waals surface area contributed by atoms with E-state index >= 15 is 0 Å². The van der Waals surface area contributed by atoms with Crippen LogP contribution in [-0.4, -0.2) is 22.3 Å². The summed E-state index contributed by atoms with van der Waals surface area (Å²) < 4.78 is 13.3. The Labute approximate surface area is 249 Å². The summed E-state index contributed by atoms with van der Waals surface area (Å²) in [4.78, 5) is 14.3. The molecule has 6 unspecified atom stereocenters. The van der Waals surface area contributed by atoms with E-state index in [2.05, 4.69) is 73.6 Å². The van der Waals surface area contributed by atoms with E-state index in [9.17, 15) is 9.90 Å². The average Bonchev–Trinajstić information content (AvgIpc) is 2.87. The highest BCUT2D eigenvalue weighted by Crippen LogP contribution is 2.56. The Balaban J connectivity index is 1.55. The number of unbranched alkanes of at least 4 members (excludes halogenated alkanes) is 2. The van der Waals surface area contributed by atoms with Gasteiger partial charge in [-0.1, -0.05) is 56.9 Å². The molecule has 1 heterocycles. The number of carbonyl (C=O) groups excluding carboxylic acids is 1. The van der Waals surface area contributed by atoms with Gasteiger partial charge in [0.15, 0.2) is 0 Å². The van der Waals surface area contributed by atoms with Crippen molar-refractivity contribution >= 4 is 5.97 Å². The fraction of sp³-hybridized carbons (Fsp3) is 0.703. The molecule has 1 N–H and O–H groups in total. The molecule has 4 heteroatoms. The maximum Gasteiger partial charge on any atom is 0.342 e. The molecule has 1 aromatic carbocycles. The van der Waals surface area contributed by atoms with Crippen molar-refractivity contribution in [1.82, 2.24) is 0 Å². The zero-order chi connectivity index (χ0) is 29.7. The highest BCUT2D eigenvalue weighted by Gasteiger charge is 2.51. The van der Waals surface area contributed by atoms with Gasteiger partial charge in [0, 0.05) is 23.3 Å². The van der Waals surface area contributed by atoms with Crippen LogP contribution in [0.5, 0.6) is 11.5 Å². The number of phenols is 1. The molecule has 1 saturated carbocycles. The van der Waals surface area contributed by atoms with Crippen molar-refractivity contribution in [3.8, 4) is 11.5 Å². The SMILES string of the molecule is CCCCCc1cc2c(c(O)c1C(=O)OC1(C)CCC(C(C)C)C3C=C(C)CCC31)C1C=C(C)CCC1C(C)(C)O2. The molecule has 0 amide bonds. The van der Waals surface area contributed by atoms with Crippen LogP contribution < -0.4 is 4.74 Å². The Bertz CT molecular complexity index is 1220. The lowest BCUT2D eigenvalue weighted by Crippen LogP contribution is -2.50. The molecule has 6 atom stereocenters. The summed E-state index contributed by atoms with van der Waals surface area (Å²) in [6, 6.07) is 2.06. The lowest BCUT2D eigenvalue weighted by atomic mass is 9.58. The summed E-state index contributed by atoms with van der Waals surface area (Å²) in [5.74, 6) is 2.70. The molecule has 41 heavy (non-hydrogen) atoms. The summed E-state index contributed by atoms with van der Waals surface area (Å²) >= 11 is 0. The molecule has 4 nitrogen and oxygen atoms in total. The Morgan fingerprint density at radius 3 is 2.41 bits per heavy atom. The van der Waals surface area contributed by atoms with Crippen molar-refractivity contribution < 1.29 is 19.4 Å². The van der Waals surface area contributed by atoms with Crippen LogP contribution in [0.25, 0.3) is 0 Å². The number of carbonyl (C=O) groups is 1. The fourth-order valence-electron chi connectivity index (χ4n) is 8.84. The molecule has 3 aliphatic carbocycles. The Kier molecular flexibility index (Phi) is 8.45. The van der Waals surface area contributed by atoms with E-state index < -0.39 is 5.60 Å². The number of esters is 1. The van der Waals surface area contributed by atoms with Gasteiger partial charge in [-0.05, 0) is 115 Å². The summed E-state index contributed by atoms with van der Waals surface area (Å²) in [7, 11) is 0. The number of ether oxygens (including phenoxy) is 2. The quantitative estimate of drug-likeness (QED) is 0.204. The number of phenolic OH excluding ortho intramolecular Hbond substituents is 1. The number of allylic oxidation sites excluding steroid dienone is 4. The molecule has 0 saturated heterocycles. The number of aryl methyl sites for hydroxylation is 1. The van der Waals surface area contributed by atoms with E-state index in [1.165, 1.54) is 11.1 Å². The van der Waals surface area contributed by atoms with E-state index in [1.807, 2.05) is 0 Å². The van der Waals surface area contributed by atoms with E-state index in [4.69, 9.17) is 9.47 Å². The van der Waals surface area contributed by atoms with Crippen LogP contribution in [0, 0.1) is 29.6 Å². The van der Waals surface area contributed by atoms with Gasteiger partial charge in [0.25, 0.3) is 0 Å². The molecule has 5 rings (SSSR count). The second kappa shape index (κ2) is 11.5. The number of fused-ring (bicyclic) bond motifs is 4. The summed E-state index contributed by atoms with van der Waals surface area (Å²) in [6.07, 6.45) is 14.8. The lowest BCUT2D eigenvalue weighted by Gasteiger charge is -2.51. The van der Waals surface area contributed by atoms with E-state index in [0.29, 0.717) is 29.2 Å². The average molecular weight is 563 g/mol. The smallest absolute Gasteiger partial charge is 0.342 e. The molecule has 4 aliphatic rings. The number of rotatable bonds is 7. The third-order valence-electron chi connectivity index (χ3n) is 11.2. The van der Waals surface area contributed by atoms with Crippen molar-refractivity contribution in [2.75, 3.05) is 0 Å². The largest absolute Gasteiger partial charge is 0.507 e. The second-order valence-electron chi connectivity index (χ2n) is 14.9. The number of benzene rings is 1. The maximum absolute atomic E-state index is 14.3.